The van der Waals surface area contributed by atoms with Gasteiger partial charge in [-0.1, -0.05) is 24.3 Å². The minimum atomic E-state index is -0.000609. The van der Waals surface area contributed by atoms with Crippen LogP contribution in [0.4, 0.5) is 10.5 Å². The first kappa shape index (κ1) is 16.9. The fourth-order valence-electron chi connectivity index (χ4n) is 3.96. The Morgan fingerprint density at radius 2 is 1.88 bits per heavy atom. The van der Waals surface area contributed by atoms with Crippen LogP contribution in [0.5, 0.6) is 5.75 Å². The number of anilines is 1. The van der Waals surface area contributed by atoms with Crippen molar-refractivity contribution in [1.29, 1.82) is 0 Å². The van der Waals surface area contributed by atoms with Crippen molar-refractivity contribution in [2.45, 2.75) is 18.9 Å². The predicted molar refractivity (Wildman–Crippen MR) is 104 cm³/mol. The summed E-state index contributed by atoms with van der Waals surface area (Å²) in [6, 6.07) is 16.4. The minimum Gasteiger partial charge on any atom is -0.497 e. The van der Waals surface area contributed by atoms with E-state index in [1.165, 1.54) is 19.4 Å². The molecular weight excluding hydrogens is 326 g/mol. The number of fused-ring (bicyclic) bond motifs is 1. The molecule has 1 unspecified atom stereocenters. The quantitative estimate of drug-likeness (QED) is 0.918. The molecule has 136 valence electrons. The van der Waals surface area contributed by atoms with Gasteiger partial charge in [0.25, 0.3) is 0 Å². The van der Waals surface area contributed by atoms with E-state index in [4.69, 9.17) is 4.74 Å². The summed E-state index contributed by atoms with van der Waals surface area (Å²) in [5.41, 5.74) is 2.95. The van der Waals surface area contributed by atoms with E-state index in [1.54, 1.807) is 7.11 Å². The van der Waals surface area contributed by atoms with Crippen LogP contribution in [0.15, 0.2) is 48.5 Å². The molecule has 4 rings (SSSR count). The number of nitrogens with one attached hydrogen (secondary N) is 1. The van der Waals surface area contributed by atoms with Gasteiger partial charge in [-0.15, -0.1) is 0 Å². The molecule has 0 radical (unpaired) electrons. The van der Waals surface area contributed by atoms with Crippen molar-refractivity contribution in [3.8, 4) is 16.9 Å². The molecule has 0 saturated carbocycles. The molecule has 2 heterocycles. The lowest BCUT2D eigenvalue weighted by Crippen LogP contribution is -2.53. The highest BCUT2D eigenvalue weighted by molar-refractivity contribution is 5.90. The lowest BCUT2D eigenvalue weighted by molar-refractivity contribution is 0.124. The zero-order valence-corrected chi connectivity index (χ0v) is 15.1. The predicted octanol–water partition coefficient (Wildman–Crippen LogP) is 3.67. The van der Waals surface area contributed by atoms with Gasteiger partial charge in [0.2, 0.25) is 0 Å². The fraction of sp³-hybridized carbons (Fsp3) is 0.381. The summed E-state index contributed by atoms with van der Waals surface area (Å²) < 4.78 is 5.30. The molecule has 1 N–H and O–H groups in total. The maximum atomic E-state index is 12.7. The minimum absolute atomic E-state index is 0.000609. The van der Waals surface area contributed by atoms with Crippen LogP contribution in [0.2, 0.25) is 0 Å². The number of carbonyl (C=O) groups is 1. The first-order chi connectivity index (χ1) is 12.7. The maximum Gasteiger partial charge on any atom is 0.321 e. The summed E-state index contributed by atoms with van der Waals surface area (Å²) in [6.07, 6.45) is 2.46. The van der Waals surface area contributed by atoms with E-state index < -0.39 is 0 Å². The van der Waals surface area contributed by atoms with Gasteiger partial charge in [-0.25, -0.2) is 4.79 Å². The lowest BCUT2D eigenvalue weighted by atomic mass is 10.0. The number of hydrogen-bond acceptors (Lipinski definition) is 3. The number of carbonyl (C=O) groups excluding carboxylic acids is 1. The second-order valence-corrected chi connectivity index (χ2v) is 7.02. The van der Waals surface area contributed by atoms with Crippen LogP contribution in [0.25, 0.3) is 11.1 Å². The van der Waals surface area contributed by atoms with E-state index in [0.717, 1.165) is 42.2 Å². The topological polar surface area (TPSA) is 44.8 Å². The zero-order chi connectivity index (χ0) is 17.9. The van der Waals surface area contributed by atoms with Crippen LogP contribution in [0.3, 0.4) is 0 Å². The van der Waals surface area contributed by atoms with Gasteiger partial charge in [-0.05, 0) is 54.8 Å². The molecule has 1 atom stereocenters. The lowest BCUT2D eigenvalue weighted by Gasteiger charge is -2.37. The van der Waals surface area contributed by atoms with Crippen molar-refractivity contribution in [3.63, 3.8) is 0 Å². The van der Waals surface area contributed by atoms with Gasteiger partial charge >= 0.3 is 6.03 Å². The molecule has 0 spiro atoms. The Balaban J connectivity index is 1.45. The molecular formula is C21H25N3O2. The number of ether oxygens (including phenoxy) is 1. The number of piperazine rings is 1. The van der Waals surface area contributed by atoms with Gasteiger partial charge in [-0.2, -0.15) is 0 Å². The first-order valence-corrected chi connectivity index (χ1v) is 9.27. The highest BCUT2D eigenvalue weighted by Gasteiger charge is 2.32. The van der Waals surface area contributed by atoms with Gasteiger partial charge in [-0.3, -0.25) is 4.90 Å². The van der Waals surface area contributed by atoms with Crippen molar-refractivity contribution in [1.82, 2.24) is 9.80 Å². The summed E-state index contributed by atoms with van der Waals surface area (Å²) in [5.74, 6) is 0.825. The Kier molecular flexibility index (Phi) is 4.80. The summed E-state index contributed by atoms with van der Waals surface area (Å²) in [7, 11) is 1.67. The van der Waals surface area contributed by atoms with E-state index >= 15 is 0 Å². The Morgan fingerprint density at radius 1 is 1.08 bits per heavy atom. The summed E-state index contributed by atoms with van der Waals surface area (Å²) in [4.78, 5) is 17.1. The summed E-state index contributed by atoms with van der Waals surface area (Å²) >= 11 is 0. The molecule has 2 aliphatic rings. The average Bonchev–Trinajstić information content (AvgIpc) is 3.16. The second kappa shape index (κ2) is 7.38. The number of benzene rings is 2. The smallest absolute Gasteiger partial charge is 0.321 e. The molecule has 5 nitrogen and oxygen atoms in total. The Bertz CT molecular complexity index is 792. The second-order valence-electron chi connectivity index (χ2n) is 7.02. The van der Waals surface area contributed by atoms with Gasteiger partial charge in [0.15, 0.2) is 0 Å². The van der Waals surface area contributed by atoms with Gasteiger partial charge < -0.3 is 15.0 Å². The van der Waals surface area contributed by atoms with Gasteiger partial charge in [0.1, 0.15) is 5.75 Å². The third-order valence-electron chi connectivity index (χ3n) is 5.39. The van der Waals surface area contributed by atoms with E-state index in [-0.39, 0.29) is 6.03 Å². The summed E-state index contributed by atoms with van der Waals surface area (Å²) in [6.45, 7) is 3.81. The Labute approximate surface area is 154 Å². The zero-order valence-electron chi connectivity index (χ0n) is 15.1. The monoisotopic (exact) mass is 351 g/mol. The molecule has 0 aromatic heterocycles. The number of nitrogens with zero attached hydrogens (tertiary/aromatic N) is 2. The van der Waals surface area contributed by atoms with E-state index in [0.29, 0.717) is 6.04 Å². The molecule has 2 aromatic carbocycles. The number of amides is 2. The molecule has 0 aliphatic carbocycles. The Hall–Kier alpha value is -2.53. The van der Waals surface area contributed by atoms with Crippen molar-refractivity contribution < 1.29 is 9.53 Å². The third kappa shape index (κ3) is 3.53. The van der Waals surface area contributed by atoms with Crippen LogP contribution in [-0.4, -0.2) is 55.2 Å². The van der Waals surface area contributed by atoms with Crippen molar-refractivity contribution >= 4 is 11.7 Å². The van der Waals surface area contributed by atoms with E-state index in [2.05, 4.69) is 10.2 Å². The molecule has 5 heteroatoms. The molecule has 2 fully saturated rings. The largest absolute Gasteiger partial charge is 0.497 e. The van der Waals surface area contributed by atoms with Crippen LogP contribution in [0.1, 0.15) is 12.8 Å². The van der Waals surface area contributed by atoms with E-state index in [1.807, 2.05) is 53.4 Å². The van der Waals surface area contributed by atoms with Crippen LogP contribution in [0, 0.1) is 0 Å². The van der Waals surface area contributed by atoms with Crippen LogP contribution < -0.4 is 10.1 Å². The highest BCUT2D eigenvalue weighted by atomic mass is 16.5. The number of hydrogen-bond donors (Lipinski definition) is 1. The molecule has 2 saturated heterocycles. The third-order valence-corrected chi connectivity index (χ3v) is 5.39. The fourth-order valence-corrected chi connectivity index (χ4v) is 3.96. The normalized spacial score (nSPS) is 19.9. The van der Waals surface area contributed by atoms with E-state index in [9.17, 15) is 4.79 Å². The highest BCUT2D eigenvalue weighted by Crippen LogP contribution is 2.26. The number of methoxy groups -OCH3 is 1. The number of urea groups is 1. The van der Waals surface area contributed by atoms with Gasteiger partial charge in [0.05, 0.1) is 7.11 Å². The van der Waals surface area contributed by atoms with Crippen LogP contribution in [-0.2, 0) is 0 Å². The molecule has 26 heavy (non-hydrogen) atoms. The average molecular weight is 351 g/mol. The number of rotatable bonds is 3. The SMILES string of the molecule is COc1cccc(-c2cccc(NC(=O)N3CCN4CCCC4C3)c2)c1. The Morgan fingerprint density at radius 3 is 2.73 bits per heavy atom. The standard InChI is InChI=1S/C21H25N3O2/c1-26-20-9-3-6-17(14-20)16-5-2-7-18(13-16)22-21(25)24-12-11-23-10-4-8-19(23)15-24/h2-3,5-7,9,13-14,19H,4,8,10-12,15H2,1H3,(H,22,25). The molecule has 2 aromatic rings. The van der Waals surface area contributed by atoms with Crippen molar-refractivity contribution in [3.05, 3.63) is 48.5 Å². The van der Waals surface area contributed by atoms with Crippen LogP contribution >= 0.6 is 0 Å². The molecule has 2 amide bonds. The van der Waals surface area contributed by atoms with Crippen molar-refractivity contribution in [2.75, 3.05) is 38.6 Å². The summed E-state index contributed by atoms with van der Waals surface area (Å²) in [5, 5.41) is 3.07. The first-order valence-electron chi connectivity index (χ1n) is 9.27. The molecule has 2 aliphatic heterocycles. The molecule has 0 bridgehead atoms. The maximum absolute atomic E-state index is 12.7. The van der Waals surface area contributed by atoms with Crippen molar-refractivity contribution in [2.24, 2.45) is 0 Å². The van der Waals surface area contributed by atoms with Gasteiger partial charge in [0, 0.05) is 31.4 Å².